The molecule has 1 fully saturated rings. The van der Waals surface area contributed by atoms with Crippen molar-refractivity contribution in [3.63, 3.8) is 0 Å². The highest BCUT2D eigenvalue weighted by molar-refractivity contribution is 7.89. The van der Waals surface area contributed by atoms with E-state index in [9.17, 15) is 26.7 Å². The Morgan fingerprint density at radius 3 is 2.45 bits per heavy atom. The molecule has 5 nitrogen and oxygen atoms in total. The van der Waals surface area contributed by atoms with Crippen LogP contribution in [0.15, 0.2) is 29.2 Å². The summed E-state index contributed by atoms with van der Waals surface area (Å²) in [4.78, 5) is -0.626. The van der Waals surface area contributed by atoms with Crippen molar-refractivity contribution < 1.29 is 31.4 Å². The Hall–Kier alpha value is -1.32. The molecule has 1 aliphatic rings. The summed E-state index contributed by atoms with van der Waals surface area (Å²) in [5.74, 6) is -0.814. The number of hydrogen-bond acceptors (Lipinski definition) is 4. The Kier molecular flexibility index (Phi) is 4.42. The average Bonchev–Trinajstić information content (AvgIpc) is 3.20. The number of hydrogen-bond donors (Lipinski definition) is 2. The molecule has 9 heteroatoms. The van der Waals surface area contributed by atoms with Crippen LogP contribution in [0, 0.1) is 5.92 Å². The number of nitrogens with one attached hydrogen (secondary N) is 1. The van der Waals surface area contributed by atoms with Crippen molar-refractivity contribution in [1.82, 2.24) is 4.72 Å². The molecule has 0 heterocycles. The maximum Gasteiger partial charge on any atom is 0.573 e. The lowest BCUT2D eigenvalue weighted by molar-refractivity contribution is -0.275. The van der Waals surface area contributed by atoms with Crippen LogP contribution in [-0.2, 0) is 10.0 Å². The second-order valence-corrected chi connectivity index (χ2v) is 7.19. The number of sulfonamides is 1. The van der Waals surface area contributed by atoms with Gasteiger partial charge in [0.15, 0.2) is 0 Å². The highest BCUT2D eigenvalue weighted by Crippen LogP contribution is 2.39. The molecule has 22 heavy (non-hydrogen) atoms. The topological polar surface area (TPSA) is 75.6 Å². The van der Waals surface area contributed by atoms with Gasteiger partial charge < -0.3 is 9.84 Å². The highest BCUT2D eigenvalue weighted by atomic mass is 32.2. The number of rotatable bonds is 6. The maximum absolute atomic E-state index is 12.3. The van der Waals surface area contributed by atoms with E-state index in [0.717, 1.165) is 25.0 Å². The molecule has 0 amide bonds. The van der Waals surface area contributed by atoms with Crippen LogP contribution in [0.1, 0.15) is 19.8 Å². The van der Waals surface area contributed by atoms with Gasteiger partial charge in [-0.15, -0.1) is 13.2 Å². The average molecular weight is 339 g/mol. The third-order valence-electron chi connectivity index (χ3n) is 3.44. The second-order valence-electron chi connectivity index (χ2n) is 5.45. The van der Waals surface area contributed by atoms with Gasteiger partial charge in [0.25, 0.3) is 0 Å². The van der Waals surface area contributed by atoms with Gasteiger partial charge in [0.1, 0.15) is 10.6 Å². The zero-order valence-corrected chi connectivity index (χ0v) is 12.5. The first-order chi connectivity index (χ1) is 10.0. The minimum absolute atomic E-state index is 0.00290. The Morgan fingerprint density at radius 1 is 1.32 bits per heavy atom. The molecule has 0 aliphatic heterocycles. The molecule has 1 atom stereocenters. The van der Waals surface area contributed by atoms with Crippen molar-refractivity contribution in [2.24, 2.45) is 5.92 Å². The van der Waals surface area contributed by atoms with Gasteiger partial charge in [-0.2, -0.15) is 0 Å². The standard InChI is InChI=1S/C13H16F3NO4S/c1-12(18,9-6-7-9)8-17-22(19,20)11-5-3-2-4-10(11)21-13(14,15)16/h2-5,9,17-18H,6-8H2,1H3/t12-/m1/s1. The van der Waals surface area contributed by atoms with E-state index in [-0.39, 0.29) is 12.5 Å². The summed E-state index contributed by atoms with van der Waals surface area (Å²) in [5.41, 5.74) is -1.23. The number of alkyl halides is 3. The molecule has 1 aliphatic carbocycles. The number of aliphatic hydroxyl groups is 1. The molecule has 2 N–H and O–H groups in total. The molecule has 2 rings (SSSR count). The van der Waals surface area contributed by atoms with Gasteiger partial charge in [0.2, 0.25) is 10.0 Å². The molecule has 0 saturated heterocycles. The zero-order chi connectivity index (χ0) is 16.6. The van der Waals surface area contributed by atoms with Crippen molar-refractivity contribution in [2.75, 3.05) is 6.54 Å². The van der Waals surface area contributed by atoms with Crippen molar-refractivity contribution in [3.8, 4) is 5.75 Å². The van der Waals surface area contributed by atoms with Crippen molar-refractivity contribution in [2.45, 2.75) is 36.6 Å². The minimum Gasteiger partial charge on any atom is -0.404 e. The summed E-state index contributed by atoms with van der Waals surface area (Å²) in [6.07, 6.45) is -3.41. The zero-order valence-electron chi connectivity index (χ0n) is 11.7. The third-order valence-corrected chi connectivity index (χ3v) is 4.88. The van der Waals surface area contributed by atoms with Crippen LogP contribution in [0.3, 0.4) is 0 Å². The molecule has 1 aromatic carbocycles. The van der Waals surface area contributed by atoms with E-state index in [1.165, 1.54) is 19.1 Å². The summed E-state index contributed by atoms with van der Waals surface area (Å²) in [6.45, 7) is 1.21. The van der Waals surface area contributed by atoms with Crippen LogP contribution >= 0.6 is 0 Å². The van der Waals surface area contributed by atoms with Crippen molar-refractivity contribution >= 4 is 10.0 Å². The Balaban J connectivity index is 2.18. The van der Waals surface area contributed by atoms with Gasteiger partial charge in [0.05, 0.1) is 5.60 Å². The van der Waals surface area contributed by atoms with E-state index in [1.807, 2.05) is 0 Å². The molecular formula is C13H16F3NO4S. The fraction of sp³-hybridized carbons (Fsp3) is 0.538. The monoisotopic (exact) mass is 339 g/mol. The third kappa shape index (κ3) is 4.34. The van der Waals surface area contributed by atoms with E-state index in [1.54, 1.807) is 0 Å². The van der Waals surface area contributed by atoms with Crippen LogP contribution in [0.25, 0.3) is 0 Å². The normalized spacial score (nSPS) is 18.8. The second kappa shape index (κ2) is 5.71. The largest absolute Gasteiger partial charge is 0.573 e. The first-order valence-corrected chi connectivity index (χ1v) is 8.06. The van der Waals surface area contributed by atoms with Gasteiger partial charge >= 0.3 is 6.36 Å². The van der Waals surface area contributed by atoms with Crippen LogP contribution < -0.4 is 9.46 Å². The fourth-order valence-electron chi connectivity index (χ4n) is 2.05. The molecular weight excluding hydrogens is 323 g/mol. The molecule has 0 radical (unpaired) electrons. The van der Waals surface area contributed by atoms with E-state index in [2.05, 4.69) is 9.46 Å². The predicted molar refractivity (Wildman–Crippen MR) is 71.7 cm³/mol. The quantitative estimate of drug-likeness (QED) is 0.831. The first-order valence-electron chi connectivity index (χ1n) is 6.58. The molecule has 124 valence electrons. The summed E-state index contributed by atoms with van der Waals surface area (Å²) in [6, 6.07) is 4.45. The summed E-state index contributed by atoms with van der Waals surface area (Å²) in [7, 11) is -4.24. The summed E-state index contributed by atoms with van der Waals surface area (Å²) < 4.78 is 67.1. The smallest absolute Gasteiger partial charge is 0.404 e. The molecule has 1 saturated carbocycles. The maximum atomic E-state index is 12.3. The van der Waals surface area contributed by atoms with Crippen LogP contribution in [0.4, 0.5) is 13.2 Å². The Labute approximate surface area is 126 Å². The fourth-order valence-corrected chi connectivity index (χ4v) is 3.32. The van der Waals surface area contributed by atoms with E-state index >= 15 is 0 Å². The van der Waals surface area contributed by atoms with E-state index < -0.39 is 32.6 Å². The highest BCUT2D eigenvalue weighted by Gasteiger charge is 2.41. The van der Waals surface area contributed by atoms with Crippen molar-refractivity contribution in [3.05, 3.63) is 24.3 Å². The predicted octanol–water partition coefficient (Wildman–Crippen LogP) is 2.02. The number of para-hydroxylation sites is 1. The molecule has 0 aromatic heterocycles. The Morgan fingerprint density at radius 2 is 1.91 bits per heavy atom. The number of ether oxygens (including phenoxy) is 1. The molecule has 1 aromatic rings. The van der Waals surface area contributed by atoms with E-state index in [0.29, 0.717) is 0 Å². The van der Waals surface area contributed by atoms with Crippen LogP contribution in [0.2, 0.25) is 0 Å². The van der Waals surface area contributed by atoms with Crippen molar-refractivity contribution in [1.29, 1.82) is 0 Å². The first kappa shape index (κ1) is 17.0. The number of benzene rings is 1. The summed E-state index contributed by atoms with van der Waals surface area (Å²) >= 11 is 0. The molecule has 0 spiro atoms. The Bertz CT molecular complexity index is 639. The van der Waals surface area contributed by atoms with Gasteiger partial charge in [-0.1, -0.05) is 12.1 Å². The van der Waals surface area contributed by atoms with Gasteiger partial charge in [0, 0.05) is 6.54 Å². The molecule has 0 unspecified atom stereocenters. The molecule has 0 bridgehead atoms. The lowest BCUT2D eigenvalue weighted by Gasteiger charge is -2.23. The number of halogens is 3. The van der Waals surface area contributed by atoms with E-state index in [4.69, 9.17) is 0 Å². The van der Waals surface area contributed by atoms with Gasteiger partial charge in [-0.3, -0.25) is 0 Å². The van der Waals surface area contributed by atoms with Crippen LogP contribution in [-0.4, -0.2) is 32.0 Å². The lowest BCUT2D eigenvalue weighted by Crippen LogP contribution is -2.42. The van der Waals surface area contributed by atoms with Gasteiger partial charge in [-0.25, -0.2) is 13.1 Å². The summed E-state index contributed by atoms with van der Waals surface area (Å²) in [5, 5.41) is 10.1. The minimum atomic E-state index is -4.99. The van der Waals surface area contributed by atoms with Crippen LogP contribution in [0.5, 0.6) is 5.75 Å². The van der Waals surface area contributed by atoms with Gasteiger partial charge in [-0.05, 0) is 37.8 Å². The lowest BCUT2D eigenvalue weighted by atomic mass is 10.0. The SMILES string of the molecule is C[C@@](O)(CNS(=O)(=O)c1ccccc1OC(F)(F)F)C1CC1.